The van der Waals surface area contributed by atoms with Crippen molar-refractivity contribution >= 4 is 22.7 Å². The highest BCUT2D eigenvalue weighted by molar-refractivity contribution is 5.89. The lowest BCUT2D eigenvalue weighted by molar-refractivity contribution is 0.306. The molecule has 0 amide bonds. The second-order valence-electron chi connectivity index (χ2n) is 7.23. The van der Waals surface area contributed by atoms with Crippen molar-refractivity contribution in [3.8, 4) is 5.88 Å². The maximum Gasteiger partial charge on any atom is 0.264 e. The predicted molar refractivity (Wildman–Crippen MR) is 119 cm³/mol. The molecule has 0 radical (unpaired) electrons. The average Bonchev–Trinajstić information content (AvgIpc) is 2.71. The summed E-state index contributed by atoms with van der Waals surface area (Å²) in [5.74, 6) is 1.17. The van der Waals surface area contributed by atoms with E-state index in [4.69, 9.17) is 10.5 Å². The molecule has 0 spiro atoms. The van der Waals surface area contributed by atoms with Crippen molar-refractivity contribution in [1.82, 2.24) is 24.8 Å². The minimum atomic E-state index is -0.173. The highest BCUT2D eigenvalue weighted by Gasteiger charge is 2.14. The number of anilines is 2. The minimum absolute atomic E-state index is 0.143. The van der Waals surface area contributed by atoms with Crippen LogP contribution in [0.1, 0.15) is 32.3 Å². The van der Waals surface area contributed by atoms with Gasteiger partial charge in [-0.3, -0.25) is 4.79 Å². The van der Waals surface area contributed by atoms with Gasteiger partial charge in [0.25, 0.3) is 5.56 Å². The van der Waals surface area contributed by atoms with Crippen molar-refractivity contribution in [2.45, 2.75) is 39.3 Å². The van der Waals surface area contributed by atoms with Crippen molar-refractivity contribution in [2.75, 3.05) is 31.2 Å². The van der Waals surface area contributed by atoms with E-state index < -0.39 is 0 Å². The molecular formula is C21H29N7O2. The molecule has 0 unspecified atom stereocenters. The first kappa shape index (κ1) is 21.5. The number of fused-ring (bicyclic) bond motifs is 1. The zero-order valence-electron chi connectivity index (χ0n) is 17.7. The van der Waals surface area contributed by atoms with Crippen LogP contribution in [-0.2, 0) is 6.54 Å². The zero-order chi connectivity index (χ0) is 21.5. The molecule has 3 aromatic heterocycles. The molecular weight excluding hydrogens is 382 g/mol. The van der Waals surface area contributed by atoms with Crippen LogP contribution in [0.4, 0.5) is 11.8 Å². The van der Waals surface area contributed by atoms with E-state index in [-0.39, 0.29) is 17.5 Å². The lowest BCUT2D eigenvalue weighted by atomic mass is 10.2. The largest absolute Gasteiger partial charge is 0.476 e. The Labute approximate surface area is 175 Å². The molecule has 3 rings (SSSR count). The maximum absolute atomic E-state index is 13.2. The van der Waals surface area contributed by atoms with Crippen LogP contribution in [0, 0.1) is 0 Å². The predicted octanol–water partition coefficient (Wildman–Crippen LogP) is 2.02. The number of nitrogens with zero attached hydrogens (tertiary/aromatic N) is 4. The van der Waals surface area contributed by atoms with Gasteiger partial charge in [0.05, 0.1) is 12.1 Å². The van der Waals surface area contributed by atoms with Gasteiger partial charge in [0.1, 0.15) is 17.8 Å². The highest BCUT2D eigenvalue weighted by atomic mass is 16.5. The van der Waals surface area contributed by atoms with Crippen LogP contribution in [0.3, 0.4) is 0 Å². The Morgan fingerprint density at radius 3 is 2.80 bits per heavy atom. The summed E-state index contributed by atoms with van der Waals surface area (Å²) in [5, 5.41) is 6.77. The monoisotopic (exact) mass is 411 g/mol. The van der Waals surface area contributed by atoms with Crippen LogP contribution in [0.25, 0.3) is 10.9 Å². The zero-order valence-corrected chi connectivity index (χ0v) is 17.7. The summed E-state index contributed by atoms with van der Waals surface area (Å²) in [5.41, 5.74) is 7.10. The number of nitrogens with two attached hydrogens (primary N) is 1. The molecule has 0 aliphatic rings. The summed E-state index contributed by atoms with van der Waals surface area (Å²) in [6.07, 6.45) is 5.42. The third-order valence-electron chi connectivity index (χ3n) is 4.70. The molecule has 30 heavy (non-hydrogen) atoms. The number of likely N-dealkylation sites (N-methyl/N-ethyl adjacent to an activating group) is 1. The number of nitrogen functional groups attached to an aromatic ring is 1. The molecule has 0 saturated carbocycles. The standard InChI is InChI=1S/C21H29N7O2/c1-4-5-14(2)25-19-18-16(26-21(22)27-19)8-10-28(20(18)29)13-15-6-7-17(24-12-15)30-11-9-23-3/h6-8,10,12,14,23H,4-5,9,11,13H2,1-3H3,(H3,22,25,26,27)/t14-/m1/s1. The first-order valence-electron chi connectivity index (χ1n) is 10.2. The second kappa shape index (κ2) is 10.0. The van der Waals surface area contributed by atoms with Crippen LogP contribution in [0.2, 0.25) is 0 Å². The smallest absolute Gasteiger partial charge is 0.264 e. The molecule has 3 aromatic rings. The molecule has 0 fully saturated rings. The minimum Gasteiger partial charge on any atom is -0.476 e. The van der Waals surface area contributed by atoms with Crippen molar-refractivity contribution in [2.24, 2.45) is 0 Å². The first-order valence-corrected chi connectivity index (χ1v) is 10.2. The summed E-state index contributed by atoms with van der Waals surface area (Å²) in [4.78, 5) is 26.0. The fraction of sp³-hybridized carbons (Fsp3) is 0.429. The van der Waals surface area contributed by atoms with Gasteiger partial charge in [0.2, 0.25) is 11.8 Å². The molecule has 3 heterocycles. The number of nitrogens with one attached hydrogen (secondary N) is 2. The van der Waals surface area contributed by atoms with Crippen molar-refractivity contribution in [3.63, 3.8) is 0 Å². The Kier molecular flexibility index (Phi) is 7.18. The number of ether oxygens (including phenoxy) is 1. The summed E-state index contributed by atoms with van der Waals surface area (Å²) in [6.45, 7) is 5.84. The molecule has 0 aliphatic heterocycles. The summed E-state index contributed by atoms with van der Waals surface area (Å²) in [7, 11) is 1.87. The van der Waals surface area contributed by atoms with E-state index in [1.807, 2.05) is 13.1 Å². The number of rotatable bonds is 10. The number of hydrogen-bond donors (Lipinski definition) is 3. The Bertz CT molecular complexity index is 1030. The Morgan fingerprint density at radius 2 is 2.10 bits per heavy atom. The van der Waals surface area contributed by atoms with Crippen LogP contribution in [0.5, 0.6) is 5.88 Å². The second-order valence-corrected chi connectivity index (χ2v) is 7.23. The van der Waals surface area contributed by atoms with Crippen LogP contribution < -0.4 is 26.7 Å². The molecule has 4 N–H and O–H groups in total. The number of aromatic nitrogens is 4. The van der Waals surface area contributed by atoms with Gasteiger partial charge in [-0.25, -0.2) is 9.97 Å². The normalized spacial score (nSPS) is 12.1. The summed E-state index contributed by atoms with van der Waals surface area (Å²) < 4.78 is 7.16. The van der Waals surface area contributed by atoms with Gasteiger partial charge in [-0.1, -0.05) is 19.4 Å². The summed E-state index contributed by atoms with van der Waals surface area (Å²) in [6, 6.07) is 5.66. The Balaban J connectivity index is 1.87. The van der Waals surface area contributed by atoms with Gasteiger partial charge >= 0.3 is 0 Å². The maximum atomic E-state index is 13.2. The van der Waals surface area contributed by atoms with E-state index in [9.17, 15) is 4.79 Å². The van der Waals surface area contributed by atoms with E-state index in [0.29, 0.717) is 35.8 Å². The molecule has 9 heteroatoms. The lowest BCUT2D eigenvalue weighted by Gasteiger charge is -2.16. The SMILES string of the molecule is CCC[C@@H](C)Nc1nc(N)nc2ccn(Cc3ccc(OCCNC)nc3)c(=O)c12. The Hall–Kier alpha value is -3.20. The van der Waals surface area contributed by atoms with Gasteiger partial charge in [-0.05, 0) is 32.0 Å². The van der Waals surface area contributed by atoms with Gasteiger partial charge in [-0.2, -0.15) is 4.98 Å². The third-order valence-corrected chi connectivity index (χ3v) is 4.70. The molecule has 0 bridgehead atoms. The number of hydrogen-bond acceptors (Lipinski definition) is 8. The molecule has 0 aromatic carbocycles. The molecule has 0 saturated heterocycles. The van der Waals surface area contributed by atoms with E-state index in [0.717, 1.165) is 24.9 Å². The van der Waals surface area contributed by atoms with Gasteiger partial charge in [-0.15, -0.1) is 0 Å². The molecule has 160 valence electrons. The van der Waals surface area contributed by atoms with Crippen LogP contribution >= 0.6 is 0 Å². The van der Waals surface area contributed by atoms with Crippen molar-refractivity contribution < 1.29 is 4.74 Å². The van der Waals surface area contributed by atoms with Crippen molar-refractivity contribution in [1.29, 1.82) is 0 Å². The van der Waals surface area contributed by atoms with Gasteiger partial charge < -0.3 is 25.7 Å². The molecule has 9 nitrogen and oxygen atoms in total. The van der Waals surface area contributed by atoms with Gasteiger partial charge in [0.15, 0.2) is 0 Å². The fourth-order valence-electron chi connectivity index (χ4n) is 3.21. The quantitative estimate of drug-likeness (QED) is 0.433. The topological polar surface area (TPSA) is 120 Å². The average molecular weight is 412 g/mol. The van der Waals surface area contributed by atoms with Gasteiger partial charge in [0, 0.05) is 31.0 Å². The molecule has 0 aliphatic carbocycles. The Morgan fingerprint density at radius 1 is 1.27 bits per heavy atom. The van der Waals surface area contributed by atoms with E-state index in [1.165, 1.54) is 0 Å². The van der Waals surface area contributed by atoms with E-state index >= 15 is 0 Å². The van der Waals surface area contributed by atoms with E-state index in [1.54, 1.807) is 29.1 Å². The van der Waals surface area contributed by atoms with Crippen LogP contribution in [0.15, 0.2) is 35.4 Å². The first-order chi connectivity index (χ1) is 14.5. The highest BCUT2D eigenvalue weighted by Crippen LogP contribution is 2.19. The number of pyridine rings is 2. The lowest BCUT2D eigenvalue weighted by Crippen LogP contribution is -2.24. The summed E-state index contributed by atoms with van der Waals surface area (Å²) >= 11 is 0. The van der Waals surface area contributed by atoms with Crippen LogP contribution in [-0.4, -0.2) is 45.8 Å². The molecule has 1 atom stereocenters. The van der Waals surface area contributed by atoms with Crippen molar-refractivity contribution in [3.05, 3.63) is 46.5 Å². The fourth-order valence-corrected chi connectivity index (χ4v) is 3.21. The van der Waals surface area contributed by atoms with E-state index in [2.05, 4.69) is 39.4 Å². The third kappa shape index (κ3) is 5.24.